The number of nitrogens with zero attached hydrogens (tertiary/aromatic N) is 2. The Morgan fingerprint density at radius 3 is 2.96 bits per heavy atom. The molecule has 1 N–H and O–H groups in total. The Hall–Kier alpha value is -1.69. The number of carbonyl (C=O) groups excluding carboxylic acids is 1. The Kier molecular flexibility index (Phi) is 5.11. The van der Waals surface area contributed by atoms with Gasteiger partial charge in [-0.25, -0.2) is 9.97 Å². The molecule has 6 heteroatoms. The van der Waals surface area contributed by atoms with E-state index in [9.17, 15) is 4.79 Å². The summed E-state index contributed by atoms with van der Waals surface area (Å²) in [5.74, 6) is 1.69. The van der Waals surface area contributed by atoms with Gasteiger partial charge in [-0.2, -0.15) is 0 Å². The normalized spacial score (nSPS) is 25.7. The van der Waals surface area contributed by atoms with Crippen LogP contribution in [0.3, 0.4) is 0 Å². The predicted octanol–water partition coefficient (Wildman–Crippen LogP) is 3.89. The van der Waals surface area contributed by atoms with Crippen molar-refractivity contribution < 1.29 is 9.53 Å². The fourth-order valence-electron chi connectivity index (χ4n) is 4.34. The van der Waals surface area contributed by atoms with Gasteiger partial charge in [-0.15, -0.1) is 11.3 Å². The number of thiophene rings is 1. The first-order valence-corrected chi connectivity index (χ1v) is 10.6. The molecular formula is C20H27N3O2S. The maximum atomic E-state index is 12.4. The Bertz CT molecular complexity index is 804. The lowest BCUT2D eigenvalue weighted by Crippen LogP contribution is -2.45. The van der Waals surface area contributed by atoms with Gasteiger partial charge in [0.25, 0.3) is 5.91 Å². The van der Waals surface area contributed by atoms with E-state index in [1.165, 1.54) is 36.1 Å². The van der Waals surface area contributed by atoms with Crippen molar-refractivity contribution in [2.75, 3.05) is 6.61 Å². The van der Waals surface area contributed by atoms with Crippen molar-refractivity contribution in [2.45, 2.75) is 64.8 Å². The lowest BCUT2D eigenvalue weighted by atomic mass is 9.78. The molecule has 3 atom stereocenters. The molecule has 0 bridgehead atoms. The molecule has 1 fully saturated rings. The van der Waals surface area contributed by atoms with Crippen molar-refractivity contribution in [1.82, 2.24) is 15.3 Å². The van der Waals surface area contributed by atoms with Crippen LogP contribution in [0.15, 0.2) is 6.33 Å². The van der Waals surface area contributed by atoms with Crippen molar-refractivity contribution in [1.29, 1.82) is 0 Å². The van der Waals surface area contributed by atoms with Gasteiger partial charge in [0.2, 0.25) is 5.88 Å². The van der Waals surface area contributed by atoms with Gasteiger partial charge in [0.15, 0.2) is 6.61 Å². The fraction of sp³-hybridized carbons (Fsp3) is 0.650. The minimum atomic E-state index is -0.0493. The number of ether oxygens (including phenoxy) is 1. The van der Waals surface area contributed by atoms with Crippen LogP contribution in [0.4, 0.5) is 0 Å². The monoisotopic (exact) mass is 373 g/mol. The quantitative estimate of drug-likeness (QED) is 0.883. The van der Waals surface area contributed by atoms with Gasteiger partial charge < -0.3 is 10.1 Å². The van der Waals surface area contributed by atoms with E-state index in [-0.39, 0.29) is 18.6 Å². The highest BCUT2D eigenvalue weighted by Gasteiger charge is 2.28. The zero-order valence-corrected chi connectivity index (χ0v) is 16.4. The topological polar surface area (TPSA) is 64.1 Å². The third-order valence-corrected chi connectivity index (χ3v) is 7.31. The third-order valence-electron chi connectivity index (χ3n) is 6.11. The molecular weight excluding hydrogens is 346 g/mol. The molecule has 2 aromatic rings. The zero-order chi connectivity index (χ0) is 18.1. The maximum absolute atomic E-state index is 12.4. The van der Waals surface area contributed by atoms with E-state index in [4.69, 9.17) is 4.74 Å². The molecule has 0 aromatic carbocycles. The summed E-state index contributed by atoms with van der Waals surface area (Å²) in [4.78, 5) is 23.6. The first-order chi connectivity index (χ1) is 12.6. The summed E-state index contributed by atoms with van der Waals surface area (Å²) >= 11 is 1.75. The minimum absolute atomic E-state index is 0.0222. The lowest BCUT2D eigenvalue weighted by Gasteiger charge is -2.34. The second-order valence-electron chi connectivity index (χ2n) is 7.80. The first-order valence-electron chi connectivity index (χ1n) is 9.81. The fourth-order valence-corrected chi connectivity index (χ4v) is 5.56. The lowest BCUT2D eigenvalue weighted by molar-refractivity contribution is -0.124. The van der Waals surface area contributed by atoms with Crippen molar-refractivity contribution in [3.63, 3.8) is 0 Å². The van der Waals surface area contributed by atoms with Crippen LogP contribution in [-0.2, 0) is 17.6 Å². The zero-order valence-electron chi connectivity index (χ0n) is 15.6. The molecule has 26 heavy (non-hydrogen) atoms. The largest absolute Gasteiger partial charge is 0.467 e. The molecule has 1 amide bonds. The second kappa shape index (κ2) is 7.51. The number of nitrogens with one attached hydrogen (secondary N) is 1. The second-order valence-corrected chi connectivity index (χ2v) is 8.88. The average molecular weight is 374 g/mol. The summed E-state index contributed by atoms with van der Waals surface area (Å²) in [5, 5.41) is 4.20. The summed E-state index contributed by atoms with van der Waals surface area (Å²) < 4.78 is 5.85. The van der Waals surface area contributed by atoms with E-state index in [0.29, 0.717) is 17.7 Å². The van der Waals surface area contributed by atoms with Crippen LogP contribution in [0.5, 0.6) is 5.88 Å². The Morgan fingerprint density at radius 1 is 1.23 bits per heavy atom. The molecule has 2 aliphatic carbocycles. The minimum Gasteiger partial charge on any atom is -0.467 e. The molecule has 2 aliphatic rings. The number of hydrogen-bond acceptors (Lipinski definition) is 5. The molecule has 5 nitrogen and oxygen atoms in total. The standard InChI is InChI=1S/C20H27N3O2S/c1-12-6-5-8-15(13(12)2)23-17(24)10-25-19-18-14-7-3-4-9-16(14)26-20(18)22-11-21-19/h11-13,15H,3-10H2,1-2H3,(H,23,24)/t12-,13+,15-/m0/s1. The van der Waals surface area contributed by atoms with Gasteiger partial charge in [0.1, 0.15) is 11.2 Å². The van der Waals surface area contributed by atoms with E-state index >= 15 is 0 Å². The number of aromatic nitrogens is 2. The summed E-state index contributed by atoms with van der Waals surface area (Å²) in [7, 11) is 0. The molecule has 0 spiro atoms. The van der Waals surface area contributed by atoms with Gasteiger partial charge in [-0.3, -0.25) is 4.79 Å². The van der Waals surface area contributed by atoms with E-state index in [0.717, 1.165) is 29.5 Å². The van der Waals surface area contributed by atoms with Crippen LogP contribution in [0.1, 0.15) is 56.4 Å². The SMILES string of the molecule is C[C@H]1[C@@H](NC(=O)COc2ncnc3sc4c(c23)CCCC4)CCC[C@@H]1C. The van der Waals surface area contributed by atoms with E-state index < -0.39 is 0 Å². The van der Waals surface area contributed by atoms with Gasteiger partial charge in [0.05, 0.1) is 5.39 Å². The van der Waals surface area contributed by atoms with E-state index in [1.807, 2.05) is 0 Å². The van der Waals surface area contributed by atoms with Crippen LogP contribution in [-0.4, -0.2) is 28.5 Å². The van der Waals surface area contributed by atoms with Crippen LogP contribution < -0.4 is 10.1 Å². The van der Waals surface area contributed by atoms with Crippen LogP contribution in [0.2, 0.25) is 0 Å². The Labute approximate surface area is 158 Å². The number of fused-ring (bicyclic) bond motifs is 3. The van der Waals surface area contributed by atoms with Crippen LogP contribution in [0, 0.1) is 11.8 Å². The highest BCUT2D eigenvalue weighted by molar-refractivity contribution is 7.18. The molecule has 0 radical (unpaired) electrons. The molecule has 0 unspecified atom stereocenters. The van der Waals surface area contributed by atoms with Gasteiger partial charge in [-0.05, 0) is 49.5 Å². The van der Waals surface area contributed by atoms with E-state index in [1.54, 1.807) is 17.7 Å². The summed E-state index contributed by atoms with van der Waals surface area (Å²) in [6, 6.07) is 0.258. The average Bonchev–Trinajstić information content (AvgIpc) is 3.03. The molecule has 0 aliphatic heterocycles. The number of carbonyl (C=O) groups is 1. The predicted molar refractivity (Wildman–Crippen MR) is 104 cm³/mol. The van der Waals surface area contributed by atoms with Crippen molar-refractivity contribution in [3.8, 4) is 5.88 Å². The summed E-state index contributed by atoms with van der Waals surface area (Å²) in [6.45, 7) is 4.53. The van der Waals surface area contributed by atoms with Crippen LogP contribution >= 0.6 is 11.3 Å². The van der Waals surface area contributed by atoms with Crippen molar-refractivity contribution in [2.24, 2.45) is 11.8 Å². The number of rotatable bonds is 4. The van der Waals surface area contributed by atoms with Gasteiger partial charge in [-0.1, -0.05) is 26.7 Å². The summed E-state index contributed by atoms with van der Waals surface area (Å²) in [6.07, 6.45) is 9.67. The molecule has 2 aromatic heterocycles. The van der Waals surface area contributed by atoms with Crippen LogP contribution in [0.25, 0.3) is 10.2 Å². The molecule has 2 heterocycles. The molecule has 0 saturated heterocycles. The number of amides is 1. The van der Waals surface area contributed by atoms with Gasteiger partial charge >= 0.3 is 0 Å². The Balaban J connectivity index is 1.44. The molecule has 4 rings (SSSR count). The van der Waals surface area contributed by atoms with E-state index in [2.05, 4.69) is 29.1 Å². The summed E-state index contributed by atoms with van der Waals surface area (Å²) in [5.41, 5.74) is 1.34. The third kappa shape index (κ3) is 3.43. The maximum Gasteiger partial charge on any atom is 0.258 e. The highest BCUT2D eigenvalue weighted by Crippen LogP contribution is 2.38. The highest BCUT2D eigenvalue weighted by atomic mass is 32.1. The Morgan fingerprint density at radius 2 is 2.08 bits per heavy atom. The van der Waals surface area contributed by atoms with Crippen molar-refractivity contribution in [3.05, 3.63) is 16.8 Å². The molecule has 1 saturated carbocycles. The number of aryl methyl sites for hydroxylation is 2. The van der Waals surface area contributed by atoms with Crippen molar-refractivity contribution >= 4 is 27.5 Å². The molecule has 140 valence electrons. The van der Waals surface area contributed by atoms with Gasteiger partial charge in [0, 0.05) is 10.9 Å². The first kappa shape index (κ1) is 17.7. The number of hydrogen-bond donors (Lipinski definition) is 1. The smallest absolute Gasteiger partial charge is 0.258 e.